The number of nitrogens with zero attached hydrogens (tertiary/aromatic N) is 2. The van der Waals surface area contributed by atoms with Crippen molar-refractivity contribution in [3.63, 3.8) is 0 Å². The van der Waals surface area contributed by atoms with Crippen molar-refractivity contribution < 1.29 is 24.3 Å². The van der Waals surface area contributed by atoms with Crippen molar-refractivity contribution in [2.75, 3.05) is 16.6 Å². The number of amides is 2. The van der Waals surface area contributed by atoms with Crippen LogP contribution in [-0.4, -0.2) is 29.6 Å². The average Bonchev–Trinajstić information content (AvgIpc) is 3.33. The molecule has 2 aliphatic rings. The maximum absolute atomic E-state index is 13.7. The molecule has 0 bridgehead atoms. The van der Waals surface area contributed by atoms with Crippen LogP contribution >= 0.6 is 23.2 Å². The van der Waals surface area contributed by atoms with Crippen LogP contribution < -0.4 is 14.7 Å². The SMILES string of the molecule is CCOc1cc([C@@H]2[C@@H]3C(=O)N(c4c(Cl)cccc4Cl)C(=O)[C@@H]3ON2c2ccccc2)ccc1O. The molecule has 2 fully saturated rings. The lowest BCUT2D eigenvalue weighted by atomic mass is 9.90. The van der Waals surface area contributed by atoms with Crippen molar-refractivity contribution in [1.29, 1.82) is 0 Å². The molecule has 7 nitrogen and oxygen atoms in total. The quantitative estimate of drug-likeness (QED) is 0.490. The zero-order valence-corrected chi connectivity index (χ0v) is 19.5. The first-order valence-corrected chi connectivity index (χ1v) is 11.5. The minimum absolute atomic E-state index is 0.0226. The molecule has 0 spiro atoms. The van der Waals surface area contributed by atoms with Crippen molar-refractivity contribution in [1.82, 2.24) is 0 Å². The first-order valence-electron chi connectivity index (χ1n) is 10.7. The largest absolute Gasteiger partial charge is 0.504 e. The molecule has 2 aliphatic heterocycles. The molecule has 0 radical (unpaired) electrons. The van der Waals surface area contributed by atoms with E-state index in [1.165, 1.54) is 6.07 Å². The van der Waals surface area contributed by atoms with Crippen molar-refractivity contribution in [2.45, 2.75) is 19.1 Å². The van der Waals surface area contributed by atoms with Crippen LogP contribution in [0.2, 0.25) is 10.0 Å². The van der Waals surface area contributed by atoms with Gasteiger partial charge in [-0.15, -0.1) is 0 Å². The highest BCUT2D eigenvalue weighted by atomic mass is 35.5. The van der Waals surface area contributed by atoms with E-state index in [4.69, 9.17) is 32.8 Å². The number of ether oxygens (including phenoxy) is 1. The number of carbonyl (C=O) groups excluding carboxylic acids is 2. The van der Waals surface area contributed by atoms with Crippen LogP contribution in [0.5, 0.6) is 11.5 Å². The summed E-state index contributed by atoms with van der Waals surface area (Å²) in [7, 11) is 0. The van der Waals surface area contributed by atoms with E-state index >= 15 is 0 Å². The van der Waals surface area contributed by atoms with Crippen LogP contribution in [0.15, 0.2) is 66.7 Å². The molecular formula is C25H20Cl2N2O5. The number of hydrogen-bond acceptors (Lipinski definition) is 6. The highest BCUT2D eigenvalue weighted by molar-refractivity contribution is 6.42. The summed E-state index contributed by atoms with van der Waals surface area (Å²) < 4.78 is 5.55. The Balaban J connectivity index is 1.62. The van der Waals surface area contributed by atoms with Crippen LogP contribution in [-0.2, 0) is 14.4 Å². The standard InChI is InChI=1S/C25H20Cl2N2O5/c1-2-33-19-13-14(11-12-18(19)30)21-20-23(34-29(21)15-7-4-3-5-8-15)25(32)28(24(20)31)22-16(26)9-6-10-17(22)27/h3-13,20-21,23,30H,2H2,1H3/t20-,21+,23+/m0/s1. The van der Waals surface area contributed by atoms with E-state index in [1.807, 2.05) is 37.3 Å². The lowest BCUT2D eigenvalue weighted by molar-refractivity contribution is -0.126. The zero-order valence-electron chi connectivity index (χ0n) is 18.0. The zero-order chi connectivity index (χ0) is 24.0. The van der Waals surface area contributed by atoms with Crippen LogP contribution in [0, 0.1) is 5.92 Å². The van der Waals surface area contributed by atoms with Crippen LogP contribution in [0.1, 0.15) is 18.5 Å². The van der Waals surface area contributed by atoms with Crippen molar-refractivity contribution in [3.05, 3.63) is 82.3 Å². The van der Waals surface area contributed by atoms with Gasteiger partial charge >= 0.3 is 0 Å². The molecule has 0 aliphatic carbocycles. The third kappa shape index (κ3) is 3.57. The molecule has 0 saturated carbocycles. The van der Waals surface area contributed by atoms with Gasteiger partial charge in [0.15, 0.2) is 17.6 Å². The third-order valence-corrected chi connectivity index (χ3v) is 6.52. The van der Waals surface area contributed by atoms with E-state index in [0.717, 1.165) is 4.90 Å². The Hall–Kier alpha value is -3.26. The second-order valence-electron chi connectivity index (χ2n) is 7.90. The molecule has 2 heterocycles. The van der Waals surface area contributed by atoms with Crippen molar-refractivity contribution >= 4 is 46.4 Å². The molecule has 34 heavy (non-hydrogen) atoms. The number of rotatable bonds is 5. The summed E-state index contributed by atoms with van der Waals surface area (Å²) in [6, 6.07) is 18.2. The van der Waals surface area contributed by atoms with Gasteiger partial charge in [-0.2, -0.15) is 0 Å². The number of para-hydroxylation sites is 2. The number of phenolic OH excluding ortho intramolecular Hbond substituents is 1. The Labute approximate surface area is 206 Å². The molecule has 1 N–H and O–H groups in total. The Morgan fingerprint density at radius 3 is 2.35 bits per heavy atom. The molecule has 3 atom stereocenters. The van der Waals surface area contributed by atoms with Crippen LogP contribution in [0.4, 0.5) is 11.4 Å². The number of hydrogen-bond donors (Lipinski definition) is 1. The van der Waals surface area contributed by atoms with Crippen LogP contribution in [0.3, 0.4) is 0 Å². The molecule has 3 aromatic carbocycles. The van der Waals surface area contributed by atoms with Gasteiger partial charge in [-0.1, -0.05) is 53.5 Å². The number of carbonyl (C=O) groups is 2. The van der Waals surface area contributed by atoms with Crippen molar-refractivity contribution in [3.8, 4) is 11.5 Å². The first-order chi connectivity index (χ1) is 16.4. The maximum atomic E-state index is 13.7. The minimum Gasteiger partial charge on any atom is -0.504 e. The number of hydroxylamine groups is 1. The molecule has 2 saturated heterocycles. The fourth-order valence-corrected chi connectivity index (χ4v) is 5.03. The van der Waals surface area contributed by atoms with E-state index in [0.29, 0.717) is 17.9 Å². The maximum Gasteiger partial charge on any atom is 0.266 e. The highest BCUT2D eigenvalue weighted by Gasteiger charge is 2.60. The molecule has 2 amide bonds. The summed E-state index contributed by atoms with van der Waals surface area (Å²) in [5.41, 5.74) is 1.46. The van der Waals surface area contributed by atoms with Crippen LogP contribution in [0.25, 0.3) is 0 Å². The summed E-state index contributed by atoms with van der Waals surface area (Å²) in [6.45, 7) is 2.16. The van der Waals surface area contributed by atoms with Gasteiger partial charge in [-0.3, -0.25) is 14.4 Å². The fraction of sp³-hybridized carbons (Fsp3) is 0.200. The van der Waals surface area contributed by atoms with Gasteiger partial charge in [-0.25, -0.2) is 9.96 Å². The molecule has 0 unspecified atom stereocenters. The van der Waals surface area contributed by atoms with E-state index < -0.39 is 29.9 Å². The fourth-order valence-electron chi connectivity index (χ4n) is 4.46. The molecule has 3 aromatic rings. The minimum atomic E-state index is -1.07. The third-order valence-electron chi connectivity index (χ3n) is 5.91. The monoisotopic (exact) mass is 498 g/mol. The predicted octanol–water partition coefficient (Wildman–Crippen LogP) is 5.15. The number of benzene rings is 3. The number of fused-ring (bicyclic) bond motifs is 1. The summed E-state index contributed by atoms with van der Waals surface area (Å²) in [4.78, 5) is 34.3. The van der Waals surface area contributed by atoms with E-state index in [1.54, 1.807) is 35.4 Å². The Morgan fingerprint density at radius 2 is 1.68 bits per heavy atom. The molecular weight excluding hydrogens is 479 g/mol. The summed E-state index contributed by atoms with van der Waals surface area (Å²) in [5.74, 6) is -1.64. The van der Waals surface area contributed by atoms with E-state index in [-0.39, 0.29) is 27.2 Å². The van der Waals surface area contributed by atoms with Gasteiger partial charge in [-0.05, 0) is 48.9 Å². The summed E-state index contributed by atoms with van der Waals surface area (Å²) in [6.07, 6.45) is -1.07. The number of phenols is 1. The lowest BCUT2D eigenvalue weighted by Crippen LogP contribution is -2.37. The van der Waals surface area contributed by atoms with Gasteiger partial charge in [0.2, 0.25) is 5.91 Å². The van der Waals surface area contributed by atoms with Gasteiger partial charge in [0.05, 0.1) is 34.1 Å². The Kier molecular flexibility index (Phi) is 5.85. The number of aromatic hydroxyl groups is 1. The van der Waals surface area contributed by atoms with Gasteiger partial charge in [0, 0.05) is 0 Å². The molecule has 0 aromatic heterocycles. The Bertz CT molecular complexity index is 1250. The normalized spacial score (nSPS) is 21.8. The highest BCUT2D eigenvalue weighted by Crippen LogP contribution is 2.50. The average molecular weight is 499 g/mol. The molecule has 174 valence electrons. The van der Waals surface area contributed by atoms with E-state index in [2.05, 4.69) is 0 Å². The summed E-state index contributed by atoms with van der Waals surface area (Å²) >= 11 is 12.6. The van der Waals surface area contributed by atoms with Gasteiger partial charge in [0.1, 0.15) is 5.92 Å². The second kappa shape index (κ2) is 8.83. The van der Waals surface area contributed by atoms with Crippen molar-refractivity contribution in [2.24, 2.45) is 5.92 Å². The molecule has 9 heteroatoms. The van der Waals surface area contributed by atoms with Gasteiger partial charge in [0.25, 0.3) is 5.91 Å². The second-order valence-corrected chi connectivity index (χ2v) is 8.71. The smallest absolute Gasteiger partial charge is 0.266 e. The summed E-state index contributed by atoms with van der Waals surface area (Å²) in [5, 5.41) is 12.1. The number of halogens is 2. The molecule has 5 rings (SSSR count). The van der Waals surface area contributed by atoms with Gasteiger partial charge < -0.3 is 9.84 Å². The van der Waals surface area contributed by atoms with E-state index in [9.17, 15) is 14.7 Å². The number of imide groups is 1. The Morgan fingerprint density at radius 1 is 0.971 bits per heavy atom. The first kappa shape index (κ1) is 22.5. The number of anilines is 2. The topological polar surface area (TPSA) is 79.3 Å². The predicted molar refractivity (Wildman–Crippen MR) is 128 cm³/mol. The lowest BCUT2D eigenvalue weighted by Gasteiger charge is -2.29.